The Bertz CT molecular complexity index is 663. The molecule has 0 atom stereocenters. The van der Waals surface area contributed by atoms with E-state index in [4.69, 9.17) is 9.47 Å². The number of benzene rings is 1. The van der Waals surface area contributed by atoms with Gasteiger partial charge in [-0.2, -0.15) is 0 Å². The maximum atomic E-state index is 12.0. The summed E-state index contributed by atoms with van der Waals surface area (Å²) < 4.78 is 12.3. The minimum absolute atomic E-state index is 0.181. The van der Waals surface area contributed by atoms with E-state index >= 15 is 0 Å². The molecule has 25 heavy (non-hydrogen) atoms. The zero-order chi connectivity index (χ0) is 18.1. The highest BCUT2D eigenvalue weighted by atomic mass is 16.5. The van der Waals surface area contributed by atoms with Crippen LogP contribution in [0.3, 0.4) is 0 Å². The molecule has 2 aromatic rings. The Kier molecular flexibility index (Phi) is 7.22. The van der Waals surface area contributed by atoms with Crippen LogP contribution in [0, 0.1) is 0 Å². The molecule has 6 heteroatoms. The molecular formula is C19H24N2O4. The lowest BCUT2D eigenvalue weighted by Crippen LogP contribution is -2.30. The van der Waals surface area contributed by atoms with Crippen LogP contribution in [0.25, 0.3) is 5.69 Å². The summed E-state index contributed by atoms with van der Waals surface area (Å²) in [5.74, 6) is -0.834. The van der Waals surface area contributed by atoms with Crippen molar-refractivity contribution in [1.29, 1.82) is 0 Å². The van der Waals surface area contributed by atoms with Gasteiger partial charge in [0.25, 0.3) is 5.91 Å². The Morgan fingerprint density at radius 1 is 1.12 bits per heavy atom. The van der Waals surface area contributed by atoms with Gasteiger partial charge in [0.2, 0.25) is 0 Å². The summed E-state index contributed by atoms with van der Waals surface area (Å²) in [6.45, 7) is 4.72. The summed E-state index contributed by atoms with van der Waals surface area (Å²) in [6.07, 6.45) is 4.74. The average molecular weight is 344 g/mol. The number of ether oxygens (including phenoxy) is 2. The number of esters is 1. The summed E-state index contributed by atoms with van der Waals surface area (Å²) in [5.41, 5.74) is 1.36. The quantitative estimate of drug-likeness (QED) is 0.561. The van der Waals surface area contributed by atoms with E-state index in [0.29, 0.717) is 18.7 Å². The molecule has 0 saturated heterocycles. The minimum atomic E-state index is -0.516. The van der Waals surface area contributed by atoms with Gasteiger partial charge in [-0.15, -0.1) is 0 Å². The Labute approximate surface area is 147 Å². The third-order valence-electron chi connectivity index (χ3n) is 3.43. The molecule has 0 spiro atoms. The van der Waals surface area contributed by atoms with E-state index in [2.05, 4.69) is 5.32 Å². The van der Waals surface area contributed by atoms with Gasteiger partial charge in [-0.1, -0.05) is 0 Å². The molecular weight excluding hydrogens is 320 g/mol. The van der Waals surface area contributed by atoms with Crippen molar-refractivity contribution in [1.82, 2.24) is 9.88 Å². The monoisotopic (exact) mass is 344 g/mol. The van der Waals surface area contributed by atoms with E-state index in [1.165, 1.54) is 0 Å². The number of rotatable bonds is 9. The van der Waals surface area contributed by atoms with E-state index in [-0.39, 0.29) is 18.6 Å². The number of hydrogen-bond acceptors (Lipinski definition) is 4. The van der Waals surface area contributed by atoms with E-state index in [0.717, 1.165) is 12.1 Å². The fourth-order valence-electron chi connectivity index (χ4n) is 2.16. The third kappa shape index (κ3) is 6.43. The van der Waals surface area contributed by atoms with Gasteiger partial charge in [0, 0.05) is 31.2 Å². The maximum Gasteiger partial charge on any atom is 0.338 e. The van der Waals surface area contributed by atoms with Crippen LogP contribution in [0.4, 0.5) is 0 Å². The zero-order valence-corrected chi connectivity index (χ0v) is 14.6. The van der Waals surface area contributed by atoms with Gasteiger partial charge in [0.15, 0.2) is 6.61 Å². The number of nitrogens with zero attached hydrogens (tertiary/aromatic N) is 1. The summed E-state index contributed by atoms with van der Waals surface area (Å²) in [5, 5.41) is 2.69. The topological polar surface area (TPSA) is 69.6 Å². The van der Waals surface area contributed by atoms with Crippen molar-refractivity contribution in [2.45, 2.75) is 26.4 Å². The molecule has 2 rings (SSSR count). The fourth-order valence-corrected chi connectivity index (χ4v) is 2.16. The SMILES string of the molecule is CC(C)OCCCNC(=O)COC(=O)c1ccc(-n2cccc2)cc1. The average Bonchev–Trinajstić information content (AvgIpc) is 3.14. The van der Waals surface area contributed by atoms with E-state index in [1.54, 1.807) is 12.1 Å². The highest BCUT2D eigenvalue weighted by Crippen LogP contribution is 2.10. The minimum Gasteiger partial charge on any atom is -0.452 e. The van der Waals surface area contributed by atoms with Crippen molar-refractivity contribution in [2.75, 3.05) is 19.8 Å². The van der Waals surface area contributed by atoms with E-state index < -0.39 is 5.97 Å². The van der Waals surface area contributed by atoms with Crippen LogP contribution in [-0.2, 0) is 14.3 Å². The highest BCUT2D eigenvalue weighted by molar-refractivity contribution is 5.91. The lowest BCUT2D eigenvalue weighted by atomic mass is 10.2. The second-order valence-corrected chi connectivity index (χ2v) is 5.84. The molecule has 0 bridgehead atoms. The summed E-state index contributed by atoms with van der Waals surface area (Å²) in [7, 11) is 0. The first-order valence-corrected chi connectivity index (χ1v) is 8.35. The Hall–Kier alpha value is -2.60. The Morgan fingerprint density at radius 3 is 2.44 bits per heavy atom. The maximum absolute atomic E-state index is 12.0. The van der Waals surface area contributed by atoms with Crippen LogP contribution >= 0.6 is 0 Å². The van der Waals surface area contributed by atoms with Gasteiger partial charge in [0.1, 0.15) is 0 Å². The number of carbonyl (C=O) groups is 2. The molecule has 1 aromatic heterocycles. The van der Waals surface area contributed by atoms with Crippen molar-refractivity contribution in [3.8, 4) is 5.69 Å². The van der Waals surface area contributed by atoms with Gasteiger partial charge in [0.05, 0.1) is 11.7 Å². The van der Waals surface area contributed by atoms with Gasteiger partial charge < -0.3 is 19.4 Å². The zero-order valence-electron chi connectivity index (χ0n) is 14.6. The number of carbonyl (C=O) groups excluding carboxylic acids is 2. The second kappa shape index (κ2) is 9.64. The van der Waals surface area contributed by atoms with E-state index in [9.17, 15) is 9.59 Å². The van der Waals surface area contributed by atoms with Crippen LogP contribution in [0.15, 0.2) is 48.8 Å². The lowest BCUT2D eigenvalue weighted by molar-refractivity contribution is -0.124. The predicted molar refractivity (Wildman–Crippen MR) is 94.8 cm³/mol. The van der Waals surface area contributed by atoms with Gasteiger partial charge in [-0.25, -0.2) is 4.79 Å². The number of amides is 1. The first kappa shape index (κ1) is 18.7. The molecule has 0 saturated carbocycles. The fraction of sp³-hybridized carbons (Fsp3) is 0.368. The molecule has 0 aliphatic heterocycles. The van der Waals surface area contributed by atoms with Crippen LogP contribution in [0.1, 0.15) is 30.6 Å². The van der Waals surface area contributed by atoms with Gasteiger partial charge in [-0.05, 0) is 56.7 Å². The third-order valence-corrected chi connectivity index (χ3v) is 3.43. The molecule has 0 radical (unpaired) electrons. The normalized spacial score (nSPS) is 10.7. The van der Waals surface area contributed by atoms with Crippen molar-refractivity contribution < 1.29 is 19.1 Å². The first-order chi connectivity index (χ1) is 12.1. The number of nitrogens with one attached hydrogen (secondary N) is 1. The molecule has 0 fully saturated rings. The second-order valence-electron chi connectivity index (χ2n) is 5.84. The Balaban J connectivity index is 1.70. The summed E-state index contributed by atoms with van der Waals surface area (Å²) >= 11 is 0. The van der Waals surface area contributed by atoms with Crippen LogP contribution in [0.2, 0.25) is 0 Å². The number of aromatic nitrogens is 1. The molecule has 1 aromatic carbocycles. The first-order valence-electron chi connectivity index (χ1n) is 8.35. The van der Waals surface area contributed by atoms with Crippen molar-refractivity contribution >= 4 is 11.9 Å². The van der Waals surface area contributed by atoms with Crippen molar-refractivity contribution in [2.24, 2.45) is 0 Å². The molecule has 6 nitrogen and oxygen atoms in total. The molecule has 0 aliphatic rings. The van der Waals surface area contributed by atoms with Crippen LogP contribution < -0.4 is 5.32 Å². The van der Waals surface area contributed by atoms with Crippen LogP contribution in [0.5, 0.6) is 0 Å². The molecule has 1 amide bonds. The van der Waals surface area contributed by atoms with Gasteiger partial charge in [-0.3, -0.25) is 4.79 Å². The molecule has 1 heterocycles. The van der Waals surface area contributed by atoms with Crippen molar-refractivity contribution in [3.05, 3.63) is 54.4 Å². The smallest absolute Gasteiger partial charge is 0.338 e. The molecule has 1 N–H and O–H groups in total. The predicted octanol–water partition coefficient (Wildman–Crippen LogP) is 2.57. The van der Waals surface area contributed by atoms with Gasteiger partial charge >= 0.3 is 5.97 Å². The standard InChI is InChI=1S/C19H24N2O4/c1-15(2)24-13-5-10-20-18(22)14-25-19(23)16-6-8-17(9-7-16)21-11-3-4-12-21/h3-4,6-9,11-12,15H,5,10,13-14H2,1-2H3,(H,20,22). The van der Waals surface area contributed by atoms with Crippen molar-refractivity contribution in [3.63, 3.8) is 0 Å². The highest BCUT2D eigenvalue weighted by Gasteiger charge is 2.10. The Morgan fingerprint density at radius 2 is 1.80 bits per heavy atom. The molecule has 134 valence electrons. The largest absolute Gasteiger partial charge is 0.452 e. The molecule has 0 unspecified atom stereocenters. The molecule has 0 aliphatic carbocycles. The number of hydrogen-bond donors (Lipinski definition) is 1. The summed E-state index contributed by atoms with van der Waals surface area (Å²) in [6, 6.07) is 10.9. The summed E-state index contributed by atoms with van der Waals surface area (Å²) in [4.78, 5) is 23.6. The van der Waals surface area contributed by atoms with E-state index in [1.807, 2.05) is 55.1 Å². The lowest BCUT2D eigenvalue weighted by Gasteiger charge is -2.09. The van der Waals surface area contributed by atoms with Crippen LogP contribution in [-0.4, -0.2) is 42.3 Å².